The average molecular weight is 168 g/mol. The molecule has 1 atom stereocenters. The van der Waals surface area contributed by atoms with Crippen molar-refractivity contribution in [2.75, 3.05) is 13.6 Å². The number of hydrogen-bond donors (Lipinski definition) is 2. The van der Waals surface area contributed by atoms with Crippen LogP contribution in [0.2, 0.25) is 0 Å². The molecule has 0 saturated heterocycles. The topological polar surface area (TPSA) is 41.1 Å². The molecule has 0 amide bonds. The van der Waals surface area contributed by atoms with Gasteiger partial charge in [-0.05, 0) is 26.8 Å². The summed E-state index contributed by atoms with van der Waals surface area (Å²) in [5.74, 6) is 0. The molecule has 68 valence electrons. The summed E-state index contributed by atoms with van der Waals surface area (Å²) in [7, 11) is 1.92. The SMILES string of the molecule is CNCCC1=C(C=O)CC(C)N1. The van der Waals surface area contributed by atoms with E-state index in [9.17, 15) is 4.79 Å². The molecule has 1 heterocycles. The lowest BCUT2D eigenvalue weighted by Gasteiger charge is -2.07. The third-order valence-corrected chi connectivity index (χ3v) is 2.10. The first-order valence-electron chi connectivity index (χ1n) is 4.36. The minimum atomic E-state index is 0.428. The van der Waals surface area contributed by atoms with Crippen LogP contribution in [0.4, 0.5) is 0 Å². The second-order valence-corrected chi connectivity index (χ2v) is 3.22. The van der Waals surface area contributed by atoms with Gasteiger partial charge in [-0.15, -0.1) is 0 Å². The first-order valence-corrected chi connectivity index (χ1v) is 4.36. The minimum Gasteiger partial charge on any atom is -0.385 e. The van der Waals surface area contributed by atoms with Crippen molar-refractivity contribution in [3.8, 4) is 0 Å². The van der Waals surface area contributed by atoms with E-state index < -0.39 is 0 Å². The molecule has 0 aromatic rings. The van der Waals surface area contributed by atoms with Gasteiger partial charge in [0.2, 0.25) is 0 Å². The Balaban J connectivity index is 2.52. The number of carbonyl (C=O) groups is 1. The summed E-state index contributed by atoms with van der Waals surface area (Å²) in [5.41, 5.74) is 2.06. The quantitative estimate of drug-likeness (QED) is 0.598. The minimum absolute atomic E-state index is 0.428. The highest BCUT2D eigenvalue weighted by molar-refractivity contribution is 5.75. The van der Waals surface area contributed by atoms with Gasteiger partial charge < -0.3 is 10.6 Å². The Morgan fingerprint density at radius 2 is 2.50 bits per heavy atom. The fraction of sp³-hybridized carbons (Fsp3) is 0.667. The van der Waals surface area contributed by atoms with E-state index in [0.29, 0.717) is 6.04 Å². The van der Waals surface area contributed by atoms with Gasteiger partial charge in [-0.3, -0.25) is 4.79 Å². The van der Waals surface area contributed by atoms with Gasteiger partial charge >= 0.3 is 0 Å². The number of aldehydes is 1. The molecule has 1 aliphatic rings. The van der Waals surface area contributed by atoms with Crippen molar-refractivity contribution < 1.29 is 4.79 Å². The van der Waals surface area contributed by atoms with E-state index in [2.05, 4.69) is 17.6 Å². The molecule has 0 bridgehead atoms. The van der Waals surface area contributed by atoms with Crippen LogP contribution in [0, 0.1) is 0 Å². The highest BCUT2D eigenvalue weighted by Crippen LogP contribution is 2.18. The normalized spacial score (nSPS) is 22.7. The van der Waals surface area contributed by atoms with Gasteiger partial charge in [-0.2, -0.15) is 0 Å². The second-order valence-electron chi connectivity index (χ2n) is 3.22. The molecule has 0 spiro atoms. The lowest BCUT2D eigenvalue weighted by molar-refractivity contribution is -0.105. The summed E-state index contributed by atoms with van der Waals surface area (Å²) in [4.78, 5) is 10.6. The Labute approximate surface area is 73.2 Å². The Kier molecular flexibility index (Phi) is 3.29. The number of nitrogens with one attached hydrogen (secondary N) is 2. The van der Waals surface area contributed by atoms with E-state index in [1.165, 1.54) is 0 Å². The standard InChI is InChI=1S/C9H16N2O/c1-7-5-8(6-12)9(11-7)3-4-10-2/h6-7,10-11H,3-5H2,1-2H3. The Hall–Kier alpha value is -0.830. The molecule has 0 aromatic carbocycles. The van der Waals surface area contributed by atoms with Crippen molar-refractivity contribution in [3.63, 3.8) is 0 Å². The molecule has 1 unspecified atom stereocenters. The highest BCUT2D eigenvalue weighted by atomic mass is 16.1. The molecule has 0 fully saturated rings. The van der Waals surface area contributed by atoms with Crippen LogP contribution in [0.1, 0.15) is 19.8 Å². The van der Waals surface area contributed by atoms with E-state index in [-0.39, 0.29) is 0 Å². The second kappa shape index (κ2) is 4.26. The van der Waals surface area contributed by atoms with Crippen LogP contribution in [-0.2, 0) is 4.79 Å². The maximum absolute atomic E-state index is 10.6. The molecule has 2 N–H and O–H groups in total. The molecule has 1 aliphatic heterocycles. The zero-order valence-corrected chi connectivity index (χ0v) is 7.68. The van der Waals surface area contributed by atoms with Gasteiger partial charge in [-0.1, -0.05) is 0 Å². The Morgan fingerprint density at radius 1 is 1.75 bits per heavy atom. The Bertz CT molecular complexity index is 199. The van der Waals surface area contributed by atoms with Gasteiger partial charge in [0.1, 0.15) is 6.29 Å². The van der Waals surface area contributed by atoms with Crippen molar-refractivity contribution in [2.45, 2.75) is 25.8 Å². The smallest absolute Gasteiger partial charge is 0.147 e. The molecule has 0 saturated carbocycles. The van der Waals surface area contributed by atoms with Gasteiger partial charge in [0.15, 0.2) is 0 Å². The third-order valence-electron chi connectivity index (χ3n) is 2.10. The van der Waals surface area contributed by atoms with Crippen LogP contribution in [0.5, 0.6) is 0 Å². The van der Waals surface area contributed by atoms with Gasteiger partial charge in [-0.25, -0.2) is 0 Å². The average Bonchev–Trinajstić information content (AvgIpc) is 2.42. The highest BCUT2D eigenvalue weighted by Gasteiger charge is 2.18. The van der Waals surface area contributed by atoms with Crippen LogP contribution in [0.3, 0.4) is 0 Å². The molecule has 0 aromatic heterocycles. The van der Waals surface area contributed by atoms with Crippen LogP contribution < -0.4 is 10.6 Å². The fourth-order valence-electron chi connectivity index (χ4n) is 1.50. The molecule has 0 radical (unpaired) electrons. The summed E-state index contributed by atoms with van der Waals surface area (Å²) in [6.07, 6.45) is 2.78. The summed E-state index contributed by atoms with van der Waals surface area (Å²) in [5, 5.41) is 6.36. The van der Waals surface area contributed by atoms with E-state index in [1.807, 2.05) is 7.05 Å². The lowest BCUT2D eigenvalue weighted by atomic mass is 10.1. The maximum Gasteiger partial charge on any atom is 0.147 e. The maximum atomic E-state index is 10.6. The zero-order valence-electron chi connectivity index (χ0n) is 7.68. The zero-order chi connectivity index (χ0) is 8.97. The molecule has 12 heavy (non-hydrogen) atoms. The van der Waals surface area contributed by atoms with Crippen molar-refractivity contribution in [1.82, 2.24) is 10.6 Å². The molecular weight excluding hydrogens is 152 g/mol. The van der Waals surface area contributed by atoms with Crippen LogP contribution in [0.15, 0.2) is 11.3 Å². The van der Waals surface area contributed by atoms with Gasteiger partial charge in [0.05, 0.1) is 0 Å². The monoisotopic (exact) mass is 168 g/mol. The first-order chi connectivity index (χ1) is 5.77. The predicted molar refractivity (Wildman–Crippen MR) is 48.8 cm³/mol. The van der Waals surface area contributed by atoms with E-state index in [0.717, 1.165) is 36.9 Å². The van der Waals surface area contributed by atoms with E-state index >= 15 is 0 Å². The summed E-state index contributed by atoms with van der Waals surface area (Å²) >= 11 is 0. The molecule has 0 aliphatic carbocycles. The Morgan fingerprint density at radius 3 is 3.08 bits per heavy atom. The third kappa shape index (κ3) is 2.08. The van der Waals surface area contributed by atoms with Crippen LogP contribution in [-0.4, -0.2) is 25.9 Å². The van der Waals surface area contributed by atoms with Gasteiger partial charge in [0.25, 0.3) is 0 Å². The molecular formula is C9H16N2O. The number of hydrogen-bond acceptors (Lipinski definition) is 3. The van der Waals surface area contributed by atoms with E-state index in [1.54, 1.807) is 0 Å². The summed E-state index contributed by atoms with van der Waals surface area (Å²) < 4.78 is 0. The predicted octanol–water partition coefficient (Wildman–Crippen LogP) is 0.431. The molecule has 1 rings (SSSR count). The van der Waals surface area contributed by atoms with Crippen molar-refractivity contribution >= 4 is 6.29 Å². The largest absolute Gasteiger partial charge is 0.385 e. The fourth-order valence-corrected chi connectivity index (χ4v) is 1.50. The van der Waals surface area contributed by atoms with Gasteiger partial charge in [0, 0.05) is 23.9 Å². The summed E-state index contributed by atoms with van der Waals surface area (Å²) in [6, 6.07) is 0.428. The number of carbonyl (C=O) groups excluding carboxylic acids is 1. The first kappa shape index (κ1) is 9.26. The molecule has 3 nitrogen and oxygen atoms in total. The van der Waals surface area contributed by atoms with Crippen LogP contribution >= 0.6 is 0 Å². The van der Waals surface area contributed by atoms with Crippen molar-refractivity contribution in [3.05, 3.63) is 11.3 Å². The summed E-state index contributed by atoms with van der Waals surface area (Å²) in [6.45, 7) is 3.02. The molecule has 3 heteroatoms. The van der Waals surface area contributed by atoms with Crippen molar-refractivity contribution in [1.29, 1.82) is 0 Å². The van der Waals surface area contributed by atoms with E-state index in [4.69, 9.17) is 0 Å². The van der Waals surface area contributed by atoms with Crippen molar-refractivity contribution in [2.24, 2.45) is 0 Å². The lowest BCUT2D eigenvalue weighted by Crippen LogP contribution is -2.20. The number of rotatable bonds is 4. The van der Waals surface area contributed by atoms with Crippen LogP contribution in [0.25, 0.3) is 0 Å².